The van der Waals surface area contributed by atoms with Crippen LogP contribution in [0.3, 0.4) is 0 Å². The number of amides is 1. The second-order valence-electron chi connectivity index (χ2n) is 7.09. The van der Waals surface area contributed by atoms with Gasteiger partial charge in [0.05, 0.1) is 12.8 Å². The van der Waals surface area contributed by atoms with Crippen molar-refractivity contribution in [3.63, 3.8) is 0 Å². The van der Waals surface area contributed by atoms with Crippen LogP contribution >= 0.6 is 0 Å². The van der Waals surface area contributed by atoms with Crippen molar-refractivity contribution in [3.05, 3.63) is 59.5 Å². The van der Waals surface area contributed by atoms with E-state index in [4.69, 9.17) is 4.42 Å². The topological polar surface area (TPSA) is 45.5 Å². The fourth-order valence-corrected chi connectivity index (χ4v) is 2.84. The number of nitrogens with one attached hydrogen (secondary N) is 1. The molecule has 1 aromatic carbocycles. The minimum absolute atomic E-state index is 0.0404. The second-order valence-corrected chi connectivity index (χ2v) is 7.09. The van der Waals surface area contributed by atoms with Gasteiger partial charge in [0.1, 0.15) is 5.76 Å². The van der Waals surface area contributed by atoms with Crippen LogP contribution in [0.25, 0.3) is 0 Å². The molecule has 1 fully saturated rings. The summed E-state index contributed by atoms with van der Waals surface area (Å²) in [6.45, 7) is 7.10. The minimum Gasteiger partial charge on any atom is -0.468 e. The highest BCUT2D eigenvalue weighted by atomic mass is 16.3. The van der Waals surface area contributed by atoms with E-state index in [9.17, 15) is 4.79 Å². The standard InChI is InChI=1S/C20H26N2O2/c1-15(2)12-22(14-19-4-3-11-24-19)13-16-5-7-17(8-6-16)20(23)21-18-9-10-18/h3-8,11,15,18H,9-10,12-14H2,1-2H3,(H,21,23). The largest absolute Gasteiger partial charge is 0.468 e. The predicted octanol–water partition coefficient (Wildman–Crippen LogP) is 3.83. The summed E-state index contributed by atoms with van der Waals surface area (Å²) in [5, 5.41) is 3.02. The Morgan fingerprint density at radius 3 is 2.54 bits per heavy atom. The van der Waals surface area contributed by atoms with Gasteiger partial charge in [-0.1, -0.05) is 26.0 Å². The molecule has 0 aliphatic heterocycles. The molecule has 1 aromatic heterocycles. The summed E-state index contributed by atoms with van der Waals surface area (Å²) in [5.74, 6) is 1.61. The summed E-state index contributed by atoms with van der Waals surface area (Å²) in [4.78, 5) is 14.4. The third-order valence-corrected chi connectivity index (χ3v) is 4.12. The molecule has 3 rings (SSSR count). The van der Waals surface area contributed by atoms with Crippen LogP contribution in [0.2, 0.25) is 0 Å². The summed E-state index contributed by atoms with van der Waals surface area (Å²) >= 11 is 0. The van der Waals surface area contributed by atoms with E-state index in [2.05, 4.69) is 36.2 Å². The number of rotatable bonds is 8. The molecule has 1 heterocycles. The molecule has 1 aliphatic rings. The number of hydrogen-bond acceptors (Lipinski definition) is 3. The summed E-state index contributed by atoms with van der Waals surface area (Å²) in [5.41, 5.74) is 1.96. The van der Waals surface area contributed by atoms with Gasteiger partial charge in [0.2, 0.25) is 0 Å². The SMILES string of the molecule is CC(C)CN(Cc1ccc(C(=O)NC2CC2)cc1)Cc1ccco1. The first-order chi connectivity index (χ1) is 11.6. The highest BCUT2D eigenvalue weighted by Gasteiger charge is 2.23. The smallest absolute Gasteiger partial charge is 0.251 e. The maximum atomic E-state index is 12.1. The Labute approximate surface area is 143 Å². The molecule has 0 atom stereocenters. The van der Waals surface area contributed by atoms with E-state index in [0.717, 1.165) is 43.8 Å². The molecule has 0 spiro atoms. The number of carbonyl (C=O) groups is 1. The number of hydrogen-bond donors (Lipinski definition) is 1. The lowest BCUT2D eigenvalue weighted by molar-refractivity contribution is 0.0951. The van der Waals surface area contributed by atoms with Gasteiger partial charge in [0, 0.05) is 24.7 Å². The van der Waals surface area contributed by atoms with E-state index in [-0.39, 0.29) is 5.91 Å². The average Bonchev–Trinajstić information content (AvgIpc) is 3.20. The molecule has 2 aromatic rings. The van der Waals surface area contributed by atoms with E-state index in [1.807, 2.05) is 24.3 Å². The van der Waals surface area contributed by atoms with Crippen LogP contribution in [0.15, 0.2) is 47.1 Å². The Bertz CT molecular complexity index is 643. The number of nitrogens with zero attached hydrogens (tertiary/aromatic N) is 1. The van der Waals surface area contributed by atoms with Crippen LogP contribution in [-0.2, 0) is 13.1 Å². The Balaban J connectivity index is 1.61. The number of furan rings is 1. The van der Waals surface area contributed by atoms with Crippen molar-refractivity contribution in [3.8, 4) is 0 Å². The fourth-order valence-electron chi connectivity index (χ4n) is 2.84. The van der Waals surface area contributed by atoms with Gasteiger partial charge >= 0.3 is 0 Å². The highest BCUT2D eigenvalue weighted by Crippen LogP contribution is 2.19. The lowest BCUT2D eigenvalue weighted by Crippen LogP contribution is -2.27. The van der Waals surface area contributed by atoms with Crippen molar-refractivity contribution < 1.29 is 9.21 Å². The van der Waals surface area contributed by atoms with Crippen LogP contribution in [0.5, 0.6) is 0 Å². The van der Waals surface area contributed by atoms with Gasteiger partial charge in [-0.05, 0) is 48.6 Å². The summed E-state index contributed by atoms with van der Waals surface area (Å²) in [6, 6.07) is 12.3. The van der Waals surface area contributed by atoms with Crippen molar-refractivity contribution in [1.29, 1.82) is 0 Å². The summed E-state index contributed by atoms with van der Waals surface area (Å²) in [6.07, 6.45) is 3.94. The fraction of sp³-hybridized carbons (Fsp3) is 0.450. The molecule has 0 saturated heterocycles. The van der Waals surface area contributed by atoms with Gasteiger partial charge in [-0.2, -0.15) is 0 Å². The van der Waals surface area contributed by atoms with Crippen molar-refractivity contribution in [2.24, 2.45) is 5.92 Å². The molecule has 1 aliphatic carbocycles. The molecule has 0 bridgehead atoms. The average molecular weight is 326 g/mol. The molecular weight excluding hydrogens is 300 g/mol. The number of benzene rings is 1. The Morgan fingerprint density at radius 1 is 1.21 bits per heavy atom. The first-order valence-electron chi connectivity index (χ1n) is 8.74. The third kappa shape index (κ3) is 4.96. The lowest BCUT2D eigenvalue weighted by Gasteiger charge is -2.23. The first kappa shape index (κ1) is 16.8. The molecule has 0 unspecified atom stereocenters. The van der Waals surface area contributed by atoms with Gasteiger partial charge in [0.25, 0.3) is 5.91 Å². The summed E-state index contributed by atoms with van der Waals surface area (Å²) in [7, 11) is 0. The van der Waals surface area contributed by atoms with Crippen LogP contribution < -0.4 is 5.32 Å². The first-order valence-corrected chi connectivity index (χ1v) is 8.74. The van der Waals surface area contributed by atoms with E-state index in [0.29, 0.717) is 12.0 Å². The summed E-state index contributed by atoms with van der Waals surface area (Å²) < 4.78 is 5.48. The molecule has 4 heteroatoms. The maximum absolute atomic E-state index is 12.1. The van der Waals surface area contributed by atoms with Crippen LogP contribution in [0.4, 0.5) is 0 Å². The zero-order valence-electron chi connectivity index (χ0n) is 14.5. The van der Waals surface area contributed by atoms with Gasteiger partial charge in [-0.25, -0.2) is 0 Å². The minimum atomic E-state index is 0.0404. The van der Waals surface area contributed by atoms with E-state index >= 15 is 0 Å². The van der Waals surface area contributed by atoms with Crippen molar-refractivity contribution in [1.82, 2.24) is 10.2 Å². The van der Waals surface area contributed by atoms with Crippen LogP contribution in [0.1, 0.15) is 48.4 Å². The lowest BCUT2D eigenvalue weighted by atomic mass is 10.1. The third-order valence-electron chi connectivity index (χ3n) is 4.12. The second kappa shape index (κ2) is 7.67. The molecule has 0 radical (unpaired) electrons. The normalized spacial score (nSPS) is 14.3. The predicted molar refractivity (Wildman–Crippen MR) is 94.6 cm³/mol. The molecule has 1 saturated carbocycles. The van der Waals surface area contributed by atoms with E-state index in [1.54, 1.807) is 6.26 Å². The van der Waals surface area contributed by atoms with Crippen LogP contribution in [0, 0.1) is 5.92 Å². The van der Waals surface area contributed by atoms with Gasteiger partial charge in [-0.15, -0.1) is 0 Å². The van der Waals surface area contributed by atoms with Crippen LogP contribution in [-0.4, -0.2) is 23.4 Å². The van der Waals surface area contributed by atoms with Crippen molar-refractivity contribution in [2.75, 3.05) is 6.54 Å². The molecule has 1 amide bonds. The van der Waals surface area contributed by atoms with Gasteiger partial charge in [-0.3, -0.25) is 9.69 Å². The number of carbonyl (C=O) groups excluding carboxylic acids is 1. The Morgan fingerprint density at radius 2 is 1.96 bits per heavy atom. The highest BCUT2D eigenvalue weighted by molar-refractivity contribution is 5.94. The molecular formula is C20H26N2O2. The molecule has 4 nitrogen and oxygen atoms in total. The zero-order chi connectivity index (χ0) is 16.9. The zero-order valence-corrected chi connectivity index (χ0v) is 14.5. The van der Waals surface area contributed by atoms with E-state index < -0.39 is 0 Å². The quantitative estimate of drug-likeness (QED) is 0.802. The van der Waals surface area contributed by atoms with E-state index in [1.165, 1.54) is 5.56 Å². The maximum Gasteiger partial charge on any atom is 0.251 e. The molecule has 24 heavy (non-hydrogen) atoms. The van der Waals surface area contributed by atoms with Crippen molar-refractivity contribution >= 4 is 5.91 Å². The molecule has 1 N–H and O–H groups in total. The Kier molecular flexibility index (Phi) is 5.36. The van der Waals surface area contributed by atoms with Gasteiger partial charge in [0.15, 0.2) is 0 Å². The van der Waals surface area contributed by atoms with Crippen molar-refractivity contribution in [2.45, 2.75) is 45.8 Å². The Hall–Kier alpha value is -2.07. The monoisotopic (exact) mass is 326 g/mol. The molecule has 128 valence electrons. The van der Waals surface area contributed by atoms with Gasteiger partial charge < -0.3 is 9.73 Å².